The van der Waals surface area contributed by atoms with Gasteiger partial charge >= 0.3 is 0 Å². The predicted octanol–water partition coefficient (Wildman–Crippen LogP) is -0.583. The van der Waals surface area contributed by atoms with Crippen molar-refractivity contribution in [3.8, 4) is 0 Å². The van der Waals surface area contributed by atoms with Crippen LogP contribution in [0.3, 0.4) is 0 Å². The van der Waals surface area contributed by atoms with Crippen molar-refractivity contribution in [2.45, 2.75) is 12.5 Å². The molecule has 0 saturated carbocycles. The normalized spacial score (nSPS) is 14.3. The van der Waals surface area contributed by atoms with Gasteiger partial charge in [0.2, 0.25) is 5.56 Å². The Morgan fingerprint density at radius 2 is 2.17 bits per heavy atom. The van der Waals surface area contributed by atoms with Crippen LogP contribution in [0.2, 0.25) is 0 Å². The Bertz CT molecular complexity index is 466. The first-order valence-corrected chi connectivity index (χ1v) is 5.65. The maximum atomic E-state index is 11.7. The molecule has 3 N–H and O–H groups in total. The summed E-state index contributed by atoms with van der Waals surface area (Å²) < 4.78 is 0. The lowest BCUT2D eigenvalue weighted by atomic mass is 10.1. The zero-order chi connectivity index (χ0) is 13.8. The Morgan fingerprint density at radius 1 is 1.50 bits per heavy atom. The van der Waals surface area contributed by atoms with Gasteiger partial charge in [-0.15, -0.1) is 0 Å². The van der Waals surface area contributed by atoms with E-state index in [4.69, 9.17) is 0 Å². The van der Waals surface area contributed by atoms with E-state index in [1.165, 1.54) is 18.2 Å². The molecular formula is C12H19N3O3. The van der Waals surface area contributed by atoms with Crippen molar-refractivity contribution in [2.75, 3.05) is 27.2 Å². The quantitative estimate of drug-likeness (QED) is 0.655. The van der Waals surface area contributed by atoms with Crippen LogP contribution in [0, 0.1) is 0 Å². The van der Waals surface area contributed by atoms with Crippen molar-refractivity contribution < 1.29 is 9.90 Å². The van der Waals surface area contributed by atoms with Crippen molar-refractivity contribution in [1.82, 2.24) is 15.2 Å². The first-order valence-electron chi connectivity index (χ1n) is 5.65. The number of amides is 1. The number of hydrogen-bond acceptors (Lipinski definition) is 4. The molecule has 6 nitrogen and oxygen atoms in total. The van der Waals surface area contributed by atoms with Gasteiger partial charge in [-0.2, -0.15) is 0 Å². The first-order chi connectivity index (χ1) is 8.30. The number of aliphatic hydroxyl groups is 1. The van der Waals surface area contributed by atoms with E-state index in [2.05, 4.69) is 10.3 Å². The second kappa shape index (κ2) is 5.79. The van der Waals surface area contributed by atoms with Crippen molar-refractivity contribution in [3.63, 3.8) is 0 Å². The molecule has 0 aliphatic rings. The summed E-state index contributed by atoms with van der Waals surface area (Å²) in [5.74, 6) is -0.410. The largest absolute Gasteiger partial charge is 0.387 e. The lowest BCUT2D eigenvalue weighted by Gasteiger charge is -2.27. The minimum Gasteiger partial charge on any atom is -0.387 e. The van der Waals surface area contributed by atoms with E-state index in [0.717, 1.165) is 0 Å². The van der Waals surface area contributed by atoms with E-state index < -0.39 is 11.5 Å². The monoisotopic (exact) mass is 253 g/mol. The second-order valence-corrected chi connectivity index (χ2v) is 4.85. The number of carbonyl (C=O) groups is 1. The second-order valence-electron chi connectivity index (χ2n) is 4.85. The third-order valence-electron chi connectivity index (χ3n) is 2.30. The molecule has 1 aromatic heterocycles. The van der Waals surface area contributed by atoms with Crippen LogP contribution in [-0.4, -0.2) is 53.7 Å². The Labute approximate surface area is 106 Å². The number of carbonyl (C=O) groups excluding carboxylic acids is 1. The van der Waals surface area contributed by atoms with Gasteiger partial charge in [-0.3, -0.25) is 9.59 Å². The molecule has 1 amide bonds. The average molecular weight is 253 g/mol. The fourth-order valence-electron chi connectivity index (χ4n) is 1.68. The third kappa shape index (κ3) is 4.68. The van der Waals surface area contributed by atoms with E-state index in [0.29, 0.717) is 6.54 Å². The molecular weight excluding hydrogens is 234 g/mol. The number of pyridine rings is 1. The van der Waals surface area contributed by atoms with Crippen LogP contribution < -0.4 is 10.9 Å². The number of aromatic amines is 1. The lowest BCUT2D eigenvalue weighted by molar-refractivity contribution is 0.0325. The third-order valence-corrected chi connectivity index (χ3v) is 2.30. The summed E-state index contributed by atoms with van der Waals surface area (Å²) >= 11 is 0. The van der Waals surface area contributed by atoms with Crippen molar-refractivity contribution in [1.29, 1.82) is 0 Å². The fourth-order valence-corrected chi connectivity index (χ4v) is 1.68. The van der Waals surface area contributed by atoms with Gasteiger partial charge in [0.1, 0.15) is 5.69 Å². The highest BCUT2D eigenvalue weighted by atomic mass is 16.3. The molecule has 0 spiro atoms. The van der Waals surface area contributed by atoms with Crippen molar-refractivity contribution >= 4 is 5.91 Å². The number of H-pyrrole nitrogens is 1. The first kappa shape index (κ1) is 14.4. The molecule has 18 heavy (non-hydrogen) atoms. The van der Waals surface area contributed by atoms with Crippen LogP contribution in [0.15, 0.2) is 23.0 Å². The minimum absolute atomic E-state index is 0.112. The standard InChI is InChI=1S/C12H19N3O3/c1-12(18,8-15(2)3)7-13-11(17)9-5-4-6-10(16)14-9/h4-6,18H,7-8H2,1-3H3,(H,13,17)(H,14,16). The molecule has 0 fully saturated rings. The van der Waals surface area contributed by atoms with E-state index in [-0.39, 0.29) is 17.8 Å². The molecule has 0 aliphatic heterocycles. The maximum Gasteiger partial charge on any atom is 0.267 e. The Morgan fingerprint density at radius 3 is 2.72 bits per heavy atom. The highest BCUT2D eigenvalue weighted by Crippen LogP contribution is 2.03. The zero-order valence-corrected chi connectivity index (χ0v) is 10.9. The lowest BCUT2D eigenvalue weighted by Crippen LogP contribution is -2.47. The summed E-state index contributed by atoms with van der Waals surface area (Å²) in [5.41, 5.74) is -1.17. The molecule has 0 radical (unpaired) electrons. The van der Waals surface area contributed by atoms with Gasteiger partial charge in [-0.25, -0.2) is 0 Å². The van der Waals surface area contributed by atoms with Crippen LogP contribution in [0.1, 0.15) is 17.4 Å². The van der Waals surface area contributed by atoms with E-state index >= 15 is 0 Å². The molecule has 0 bridgehead atoms. The number of likely N-dealkylation sites (N-methyl/N-ethyl adjacent to an activating group) is 1. The molecule has 0 saturated heterocycles. The molecule has 1 heterocycles. The molecule has 1 atom stereocenters. The van der Waals surface area contributed by atoms with Crippen LogP contribution in [-0.2, 0) is 0 Å². The van der Waals surface area contributed by atoms with Gasteiger partial charge in [-0.1, -0.05) is 6.07 Å². The highest BCUT2D eigenvalue weighted by molar-refractivity contribution is 5.92. The van der Waals surface area contributed by atoms with Crippen LogP contribution in [0.25, 0.3) is 0 Å². The molecule has 1 rings (SSSR count). The summed E-state index contributed by atoms with van der Waals surface area (Å²) in [4.78, 5) is 27.0. The molecule has 1 aromatic rings. The summed E-state index contributed by atoms with van der Waals surface area (Å²) in [6, 6.07) is 4.35. The Kier molecular flexibility index (Phi) is 4.63. The molecule has 6 heteroatoms. The predicted molar refractivity (Wildman–Crippen MR) is 68.6 cm³/mol. The fraction of sp³-hybridized carbons (Fsp3) is 0.500. The number of hydrogen-bond donors (Lipinski definition) is 3. The topological polar surface area (TPSA) is 85.4 Å². The minimum atomic E-state index is -1.02. The summed E-state index contributed by atoms with van der Waals surface area (Å²) in [6.45, 7) is 2.18. The van der Waals surface area contributed by atoms with E-state index in [9.17, 15) is 14.7 Å². The van der Waals surface area contributed by atoms with Gasteiger partial charge < -0.3 is 20.3 Å². The highest BCUT2D eigenvalue weighted by Gasteiger charge is 2.22. The van der Waals surface area contributed by atoms with Crippen molar-refractivity contribution in [2.24, 2.45) is 0 Å². The number of nitrogens with zero attached hydrogens (tertiary/aromatic N) is 1. The smallest absolute Gasteiger partial charge is 0.267 e. The molecule has 1 unspecified atom stereocenters. The summed E-state index contributed by atoms with van der Waals surface area (Å²) in [5, 5.41) is 12.6. The van der Waals surface area contributed by atoms with Crippen LogP contribution >= 0.6 is 0 Å². The Hall–Kier alpha value is -1.66. The van der Waals surface area contributed by atoms with Gasteiger partial charge in [0.15, 0.2) is 0 Å². The van der Waals surface area contributed by atoms with Crippen LogP contribution in [0.5, 0.6) is 0 Å². The SMILES string of the molecule is CN(C)CC(C)(O)CNC(=O)c1cccc(=O)[nH]1. The average Bonchev–Trinajstić information content (AvgIpc) is 2.24. The molecule has 0 aliphatic carbocycles. The van der Waals surface area contributed by atoms with Gasteiger partial charge in [0.05, 0.1) is 5.60 Å². The number of nitrogens with one attached hydrogen (secondary N) is 2. The number of aromatic nitrogens is 1. The zero-order valence-electron chi connectivity index (χ0n) is 10.9. The van der Waals surface area contributed by atoms with Gasteiger partial charge in [0.25, 0.3) is 5.91 Å². The maximum absolute atomic E-state index is 11.7. The van der Waals surface area contributed by atoms with Crippen LogP contribution in [0.4, 0.5) is 0 Å². The number of rotatable bonds is 5. The molecule has 0 aromatic carbocycles. The van der Waals surface area contributed by atoms with E-state index in [1.54, 1.807) is 6.92 Å². The van der Waals surface area contributed by atoms with Gasteiger partial charge in [-0.05, 0) is 27.1 Å². The Balaban J connectivity index is 2.59. The molecule has 100 valence electrons. The summed E-state index contributed by atoms with van der Waals surface area (Å²) in [7, 11) is 3.68. The van der Waals surface area contributed by atoms with Gasteiger partial charge in [0, 0.05) is 19.2 Å². The summed E-state index contributed by atoms with van der Waals surface area (Å²) in [6.07, 6.45) is 0. The van der Waals surface area contributed by atoms with Crippen molar-refractivity contribution in [3.05, 3.63) is 34.2 Å². The van der Waals surface area contributed by atoms with E-state index in [1.807, 2.05) is 19.0 Å².